The average Bonchev–Trinajstić information content (AvgIpc) is 3.25. The lowest BCUT2D eigenvalue weighted by Gasteiger charge is -2.41. The van der Waals surface area contributed by atoms with Crippen LogP contribution in [0.1, 0.15) is 43.4 Å². The molecule has 1 aromatic heterocycles. The number of hydrogen-bond donors (Lipinski definition) is 0. The lowest BCUT2D eigenvalue weighted by atomic mass is 9.34. The highest BCUT2D eigenvalue weighted by atomic mass is 32.2. The summed E-state index contributed by atoms with van der Waals surface area (Å²) < 4.78 is 2.67. The smallest absolute Gasteiger partial charge is 0.252 e. The molecule has 48 heavy (non-hydrogen) atoms. The van der Waals surface area contributed by atoms with Crippen molar-refractivity contribution in [2.75, 3.05) is 4.90 Å². The van der Waals surface area contributed by atoms with Crippen LogP contribution >= 0.6 is 23.5 Å². The summed E-state index contributed by atoms with van der Waals surface area (Å²) in [5.41, 5.74) is 13.8. The topological polar surface area (TPSA) is 8.17 Å². The van der Waals surface area contributed by atoms with E-state index in [0.29, 0.717) is 0 Å². The first-order valence-corrected chi connectivity index (χ1v) is 19.1. The van der Waals surface area contributed by atoms with Crippen molar-refractivity contribution in [2.45, 2.75) is 59.6 Å². The van der Waals surface area contributed by atoms with E-state index in [1.165, 1.54) is 94.6 Å². The molecule has 2 aliphatic heterocycles. The van der Waals surface area contributed by atoms with Gasteiger partial charge in [0.1, 0.15) is 0 Å². The number of rotatable bonds is 4. The van der Waals surface area contributed by atoms with Gasteiger partial charge in [-0.25, -0.2) is 0 Å². The molecule has 2 aliphatic carbocycles. The minimum absolute atomic E-state index is 0.133. The summed E-state index contributed by atoms with van der Waals surface area (Å²) in [5.74, 6) is 0. The van der Waals surface area contributed by atoms with Gasteiger partial charge in [0.15, 0.2) is 0 Å². The third kappa shape index (κ3) is 4.51. The van der Waals surface area contributed by atoms with Crippen LogP contribution in [0.25, 0.3) is 16.6 Å². The fraction of sp³-hybridized carbons (Fsp3) is 0.163. The Morgan fingerprint density at radius 3 is 2.38 bits per heavy atom. The first-order chi connectivity index (χ1) is 23.8. The van der Waals surface area contributed by atoms with E-state index in [0.717, 1.165) is 25.7 Å². The van der Waals surface area contributed by atoms with Gasteiger partial charge in [0.05, 0.1) is 5.52 Å². The molecule has 6 aromatic rings. The van der Waals surface area contributed by atoms with Crippen LogP contribution in [0.4, 0.5) is 17.1 Å². The van der Waals surface area contributed by atoms with Crippen LogP contribution in [0, 0.1) is 0 Å². The molecular weight excluding hydrogens is 619 g/mol. The minimum atomic E-state index is 0.133. The van der Waals surface area contributed by atoms with Crippen molar-refractivity contribution in [1.82, 2.24) is 4.57 Å². The summed E-state index contributed by atoms with van der Waals surface area (Å²) in [4.78, 5) is 7.93. The summed E-state index contributed by atoms with van der Waals surface area (Å²) in [7, 11) is 0. The van der Waals surface area contributed by atoms with E-state index in [1.807, 2.05) is 23.5 Å². The van der Waals surface area contributed by atoms with Crippen LogP contribution < -0.4 is 21.3 Å². The number of para-hydroxylation sites is 2. The monoisotopic (exact) mass is 654 g/mol. The van der Waals surface area contributed by atoms with E-state index in [2.05, 4.69) is 137 Å². The summed E-state index contributed by atoms with van der Waals surface area (Å²) in [6, 6.07) is 41.4. The molecule has 0 atom stereocenters. The molecule has 2 nitrogen and oxygen atoms in total. The number of nitrogens with zero attached hydrogens (tertiary/aromatic N) is 2. The second kappa shape index (κ2) is 11.7. The third-order valence-electron chi connectivity index (χ3n) is 10.6. The lowest BCUT2D eigenvalue weighted by molar-refractivity contribution is 0.704. The van der Waals surface area contributed by atoms with E-state index in [4.69, 9.17) is 0 Å². The van der Waals surface area contributed by atoms with E-state index in [9.17, 15) is 0 Å². The number of thioether (sulfide) groups is 1. The predicted molar refractivity (Wildman–Crippen MR) is 207 cm³/mol. The van der Waals surface area contributed by atoms with Crippen LogP contribution in [0.15, 0.2) is 147 Å². The van der Waals surface area contributed by atoms with Crippen molar-refractivity contribution in [3.8, 4) is 5.69 Å². The SMILES string of the molecule is C1=CC(Sc2ccc3c(c2)Sc2cccc4c2B3c2c(cccc2-n2c3c(c5ccccc52)CCCCC3)N4c2ccccc2)=CCC1. The molecule has 0 saturated carbocycles. The largest absolute Gasteiger partial charge is 0.314 e. The van der Waals surface area contributed by atoms with Crippen LogP contribution in [0.3, 0.4) is 0 Å². The van der Waals surface area contributed by atoms with E-state index in [-0.39, 0.29) is 6.71 Å². The summed E-state index contributed by atoms with van der Waals surface area (Å²) in [5, 5.41) is 1.43. The molecule has 0 amide bonds. The van der Waals surface area contributed by atoms with E-state index in [1.54, 1.807) is 5.56 Å². The number of fused-ring (bicyclic) bond motifs is 7. The number of hydrogen-bond acceptors (Lipinski definition) is 3. The minimum Gasteiger partial charge on any atom is -0.314 e. The summed E-state index contributed by atoms with van der Waals surface area (Å²) in [6.45, 7) is 0.133. The number of benzene rings is 5. The van der Waals surface area contributed by atoms with Crippen molar-refractivity contribution in [3.63, 3.8) is 0 Å². The van der Waals surface area contributed by atoms with Crippen LogP contribution in [-0.4, -0.2) is 11.3 Å². The molecular formula is C43H35BN2S2. The summed E-state index contributed by atoms with van der Waals surface area (Å²) >= 11 is 3.84. The van der Waals surface area contributed by atoms with Gasteiger partial charge in [-0.15, -0.1) is 0 Å². The molecule has 0 N–H and O–H groups in total. The van der Waals surface area contributed by atoms with Crippen molar-refractivity contribution < 1.29 is 0 Å². The highest BCUT2D eigenvalue weighted by Gasteiger charge is 2.42. The van der Waals surface area contributed by atoms with Gasteiger partial charge in [0.2, 0.25) is 0 Å². The molecule has 0 unspecified atom stereocenters. The van der Waals surface area contributed by atoms with Crippen LogP contribution in [0.5, 0.6) is 0 Å². The Balaban J connectivity index is 1.25. The standard InChI is InChI=1S/C43H35BN2S2/c1-4-14-29(15-5-1)45-37-22-12-23-38(46-35-20-9-3-8-18-32(35)33-19-10-11-21-36(33)46)42(37)44-34-27-26-31(47-30-16-6-2-7-17-30)28-41(34)48-40-25-13-24-39(45)43(40)44/h1,4-6,10-17,19,21-28H,2-3,7-9,18,20H2. The second-order valence-electron chi connectivity index (χ2n) is 13.3. The molecule has 5 heteroatoms. The number of allylic oxidation sites excluding steroid dienone is 3. The molecule has 0 bridgehead atoms. The molecule has 0 saturated heterocycles. The van der Waals surface area contributed by atoms with Gasteiger partial charge in [-0.1, -0.05) is 108 Å². The van der Waals surface area contributed by atoms with Crippen molar-refractivity contribution in [2.24, 2.45) is 0 Å². The first-order valence-electron chi connectivity index (χ1n) is 17.4. The molecule has 232 valence electrons. The number of anilines is 3. The third-order valence-corrected chi connectivity index (χ3v) is 12.7. The number of aromatic nitrogens is 1. The maximum atomic E-state index is 2.67. The Bertz CT molecular complexity index is 2300. The quantitative estimate of drug-likeness (QED) is 0.138. The van der Waals surface area contributed by atoms with Gasteiger partial charge in [0.25, 0.3) is 6.71 Å². The lowest BCUT2D eigenvalue weighted by Crippen LogP contribution is -2.60. The van der Waals surface area contributed by atoms with Crippen LogP contribution in [-0.2, 0) is 12.8 Å². The van der Waals surface area contributed by atoms with Gasteiger partial charge in [-0.2, -0.15) is 0 Å². The number of aryl methyl sites for hydroxylation is 1. The van der Waals surface area contributed by atoms with Gasteiger partial charge in [-0.3, -0.25) is 0 Å². The van der Waals surface area contributed by atoms with Gasteiger partial charge in [0, 0.05) is 53.4 Å². The molecule has 4 aliphatic rings. The highest BCUT2D eigenvalue weighted by molar-refractivity contribution is 8.03. The normalized spacial score (nSPS) is 16.1. The highest BCUT2D eigenvalue weighted by Crippen LogP contribution is 2.44. The predicted octanol–water partition coefficient (Wildman–Crippen LogP) is 9.99. The molecule has 3 heterocycles. The van der Waals surface area contributed by atoms with E-state index >= 15 is 0 Å². The molecule has 0 spiro atoms. The summed E-state index contributed by atoms with van der Waals surface area (Å²) in [6.07, 6.45) is 15.4. The maximum absolute atomic E-state index is 2.67. The Hall–Kier alpha value is -4.32. The van der Waals surface area contributed by atoms with Gasteiger partial charge >= 0.3 is 0 Å². The van der Waals surface area contributed by atoms with Crippen molar-refractivity contribution >= 4 is 74.6 Å². The van der Waals surface area contributed by atoms with Crippen molar-refractivity contribution in [3.05, 3.63) is 144 Å². The fourth-order valence-corrected chi connectivity index (χ4v) is 10.8. The average molecular weight is 655 g/mol. The zero-order chi connectivity index (χ0) is 31.6. The second-order valence-corrected chi connectivity index (χ2v) is 15.6. The zero-order valence-electron chi connectivity index (χ0n) is 26.9. The molecule has 0 radical (unpaired) electrons. The first kappa shape index (κ1) is 28.7. The maximum Gasteiger partial charge on any atom is 0.252 e. The molecule has 10 rings (SSSR count). The Kier molecular flexibility index (Phi) is 6.98. The van der Waals surface area contributed by atoms with Gasteiger partial charge in [-0.05, 0) is 110 Å². The Labute approximate surface area is 291 Å². The van der Waals surface area contributed by atoms with Crippen LogP contribution in [0.2, 0.25) is 0 Å². The Morgan fingerprint density at radius 1 is 0.667 bits per heavy atom. The Morgan fingerprint density at radius 2 is 1.48 bits per heavy atom. The zero-order valence-corrected chi connectivity index (χ0v) is 28.5. The van der Waals surface area contributed by atoms with Crippen molar-refractivity contribution in [1.29, 1.82) is 0 Å². The van der Waals surface area contributed by atoms with Gasteiger partial charge < -0.3 is 9.47 Å². The molecule has 5 aromatic carbocycles. The fourth-order valence-electron chi connectivity index (χ4n) is 8.55. The van der Waals surface area contributed by atoms with E-state index < -0.39 is 0 Å². The molecule has 0 fully saturated rings.